The van der Waals surface area contributed by atoms with Gasteiger partial charge >= 0.3 is 6.03 Å². The molecule has 2 heterocycles. The summed E-state index contributed by atoms with van der Waals surface area (Å²) >= 11 is 0. The number of amides is 2. The highest BCUT2D eigenvalue weighted by Crippen LogP contribution is 2.18. The van der Waals surface area contributed by atoms with Crippen molar-refractivity contribution in [2.75, 3.05) is 31.2 Å². The summed E-state index contributed by atoms with van der Waals surface area (Å²) in [6, 6.07) is 4.02. The van der Waals surface area contributed by atoms with Crippen LogP contribution in [-0.2, 0) is 11.3 Å². The van der Waals surface area contributed by atoms with Gasteiger partial charge in [-0.1, -0.05) is 19.9 Å². The van der Waals surface area contributed by atoms with Crippen LogP contribution < -0.4 is 15.5 Å². The van der Waals surface area contributed by atoms with Gasteiger partial charge in [-0.25, -0.2) is 9.78 Å². The van der Waals surface area contributed by atoms with E-state index in [1.807, 2.05) is 12.1 Å². The molecular weight excluding hydrogens is 280 g/mol. The minimum atomic E-state index is -0.120. The highest BCUT2D eigenvalue weighted by Gasteiger charge is 2.16. The molecule has 0 spiro atoms. The van der Waals surface area contributed by atoms with Crippen LogP contribution in [0.5, 0.6) is 0 Å². The lowest BCUT2D eigenvalue weighted by Crippen LogP contribution is -2.42. The summed E-state index contributed by atoms with van der Waals surface area (Å²) in [4.78, 5) is 18.6. The van der Waals surface area contributed by atoms with Gasteiger partial charge in [0.05, 0.1) is 13.2 Å². The Labute approximate surface area is 132 Å². The molecule has 0 radical (unpaired) electrons. The number of carbonyl (C=O) groups is 1. The first-order valence-corrected chi connectivity index (χ1v) is 8.05. The van der Waals surface area contributed by atoms with E-state index in [1.165, 1.54) is 0 Å². The summed E-state index contributed by atoms with van der Waals surface area (Å²) in [7, 11) is 0. The van der Waals surface area contributed by atoms with Crippen molar-refractivity contribution in [3.8, 4) is 0 Å². The lowest BCUT2D eigenvalue weighted by Gasteiger charge is -2.29. The predicted molar refractivity (Wildman–Crippen MR) is 87.0 cm³/mol. The van der Waals surface area contributed by atoms with Gasteiger partial charge in [-0.15, -0.1) is 0 Å². The molecule has 0 unspecified atom stereocenters. The van der Waals surface area contributed by atoms with Gasteiger partial charge in [-0.3, -0.25) is 0 Å². The Hall–Kier alpha value is -1.82. The first-order valence-electron chi connectivity index (χ1n) is 8.05. The highest BCUT2D eigenvalue weighted by atomic mass is 16.5. The van der Waals surface area contributed by atoms with Crippen LogP contribution in [0, 0.1) is 0 Å². The molecule has 0 aliphatic carbocycles. The first kappa shape index (κ1) is 16.5. The molecule has 2 amide bonds. The molecule has 1 aromatic heterocycles. The van der Waals surface area contributed by atoms with Crippen molar-refractivity contribution in [3.63, 3.8) is 0 Å². The zero-order valence-electron chi connectivity index (χ0n) is 13.5. The fourth-order valence-corrected chi connectivity index (χ4v) is 2.53. The zero-order chi connectivity index (χ0) is 15.8. The van der Waals surface area contributed by atoms with Gasteiger partial charge in [-0.05, 0) is 18.9 Å². The van der Waals surface area contributed by atoms with Crippen LogP contribution in [0.25, 0.3) is 0 Å². The average Bonchev–Trinajstić information content (AvgIpc) is 2.59. The zero-order valence-corrected chi connectivity index (χ0v) is 13.5. The van der Waals surface area contributed by atoms with Gasteiger partial charge in [0.1, 0.15) is 5.82 Å². The number of carbonyl (C=O) groups excluding carboxylic acids is 1. The summed E-state index contributed by atoms with van der Waals surface area (Å²) in [5.41, 5.74) is 1.03. The number of aromatic nitrogens is 1. The van der Waals surface area contributed by atoms with E-state index in [0.717, 1.165) is 50.5 Å². The number of anilines is 1. The van der Waals surface area contributed by atoms with Crippen LogP contribution >= 0.6 is 0 Å². The summed E-state index contributed by atoms with van der Waals surface area (Å²) in [6.45, 7) is 7.75. The monoisotopic (exact) mass is 306 g/mol. The van der Waals surface area contributed by atoms with Crippen molar-refractivity contribution in [1.29, 1.82) is 0 Å². The van der Waals surface area contributed by atoms with Crippen molar-refractivity contribution < 1.29 is 9.53 Å². The van der Waals surface area contributed by atoms with E-state index in [-0.39, 0.29) is 12.1 Å². The molecule has 0 saturated carbocycles. The van der Waals surface area contributed by atoms with Crippen molar-refractivity contribution in [2.45, 2.75) is 39.3 Å². The van der Waals surface area contributed by atoms with Crippen molar-refractivity contribution in [3.05, 3.63) is 23.9 Å². The molecule has 0 bridgehead atoms. The van der Waals surface area contributed by atoms with E-state index in [0.29, 0.717) is 6.54 Å². The Bertz CT molecular complexity index is 471. The van der Waals surface area contributed by atoms with Crippen LogP contribution in [0.1, 0.15) is 32.3 Å². The maximum Gasteiger partial charge on any atom is 0.315 e. The molecule has 22 heavy (non-hydrogen) atoms. The Morgan fingerprint density at radius 3 is 2.77 bits per heavy atom. The first-order chi connectivity index (χ1) is 10.7. The quantitative estimate of drug-likeness (QED) is 0.842. The van der Waals surface area contributed by atoms with Crippen LogP contribution in [0.4, 0.5) is 10.6 Å². The number of morpholine rings is 1. The number of pyridine rings is 1. The third-order valence-corrected chi connectivity index (χ3v) is 3.94. The fourth-order valence-electron chi connectivity index (χ4n) is 2.53. The molecule has 0 aromatic carbocycles. The third kappa shape index (κ3) is 4.59. The Morgan fingerprint density at radius 2 is 2.09 bits per heavy atom. The molecule has 1 aliphatic rings. The number of ether oxygens (including phenoxy) is 1. The van der Waals surface area contributed by atoms with Crippen LogP contribution in [0.15, 0.2) is 18.3 Å². The molecule has 1 fully saturated rings. The Balaban J connectivity index is 1.93. The van der Waals surface area contributed by atoms with Gasteiger partial charge in [0.25, 0.3) is 0 Å². The SMILES string of the molecule is CCC(CC)NC(=O)NCc1cccnc1N1CCOCC1. The Kier molecular flexibility index (Phi) is 6.45. The standard InChI is InChI=1S/C16H26N4O2/c1-3-14(4-2)19-16(21)18-12-13-6-5-7-17-15(13)20-8-10-22-11-9-20/h5-7,14H,3-4,8-12H2,1-2H3,(H2,18,19,21). The van der Waals surface area contributed by atoms with Crippen molar-refractivity contribution in [1.82, 2.24) is 15.6 Å². The second-order valence-electron chi connectivity index (χ2n) is 5.43. The molecule has 2 rings (SSSR count). The van der Waals surface area contributed by atoms with E-state index in [1.54, 1.807) is 6.20 Å². The molecule has 6 nitrogen and oxygen atoms in total. The fraction of sp³-hybridized carbons (Fsp3) is 0.625. The summed E-state index contributed by atoms with van der Waals surface area (Å²) < 4.78 is 5.38. The molecular formula is C16H26N4O2. The maximum absolute atomic E-state index is 12.0. The number of nitrogens with one attached hydrogen (secondary N) is 2. The molecule has 1 aromatic rings. The molecule has 2 N–H and O–H groups in total. The van der Waals surface area contributed by atoms with Crippen LogP contribution in [0.2, 0.25) is 0 Å². The highest BCUT2D eigenvalue weighted by molar-refractivity contribution is 5.74. The van der Waals surface area contributed by atoms with Crippen molar-refractivity contribution >= 4 is 11.8 Å². The molecule has 1 aliphatic heterocycles. The predicted octanol–water partition coefficient (Wildman–Crippen LogP) is 1.91. The van der Waals surface area contributed by atoms with E-state index in [4.69, 9.17) is 4.74 Å². The molecule has 1 saturated heterocycles. The second-order valence-corrected chi connectivity index (χ2v) is 5.43. The number of nitrogens with zero attached hydrogens (tertiary/aromatic N) is 2. The van der Waals surface area contributed by atoms with E-state index < -0.39 is 0 Å². The van der Waals surface area contributed by atoms with Gasteiger partial charge in [-0.2, -0.15) is 0 Å². The van der Waals surface area contributed by atoms with E-state index in [9.17, 15) is 4.79 Å². The van der Waals surface area contributed by atoms with Gasteiger partial charge in [0.15, 0.2) is 0 Å². The van der Waals surface area contributed by atoms with Gasteiger partial charge in [0, 0.05) is 37.4 Å². The Morgan fingerprint density at radius 1 is 1.36 bits per heavy atom. The summed E-state index contributed by atoms with van der Waals surface area (Å²) in [5, 5.41) is 5.91. The topological polar surface area (TPSA) is 66.5 Å². The summed E-state index contributed by atoms with van der Waals surface area (Å²) in [6.07, 6.45) is 3.67. The van der Waals surface area contributed by atoms with Crippen molar-refractivity contribution in [2.24, 2.45) is 0 Å². The minimum absolute atomic E-state index is 0.120. The molecule has 0 atom stereocenters. The molecule has 6 heteroatoms. The third-order valence-electron chi connectivity index (χ3n) is 3.94. The number of rotatable bonds is 6. The number of urea groups is 1. The van der Waals surface area contributed by atoms with Crippen LogP contribution in [0.3, 0.4) is 0 Å². The maximum atomic E-state index is 12.0. The smallest absolute Gasteiger partial charge is 0.315 e. The minimum Gasteiger partial charge on any atom is -0.378 e. The number of hydrogen-bond acceptors (Lipinski definition) is 4. The largest absolute Gasteiger partial charge is 0.378 e. The summed E-state index contributed by atoms with van der Waals surface area (Å²) in [5.74, 6) is 0.939. The van der Waals surface area contributed by atoms with Gasteiger partial charge < -0.3 is 20.3 Å². The van der Waals surface area contributed by atoms with E-state index >= 15 is 0 Å². The van der Waals surface area contributed by atoms with Crippen LogP contribution in [-0.4, -0.2) is 43.4 Å². The second kappa shape index (κ2) is 8.58. The number of hydrogen-bond donors (Lipinski definition) is 2. The normalized spacial score (nSPS) is 15.0. The lowest BCUT2D eigenvalue weighted by molar-refractivity contribution is 0.122. The lowest BCUT2D eigenvalue weighted by atomic mass is 10.2. The average molecular weight is 306 g/mol. The van der Waals surface area contributed by atoms with E-state index in [2.05, 4.69) is 34.4 Å². The molecule has 122 valence electrons. The van der Waals surface area contributed by atoms with Gasteiger partial charge in [0.2, 0.25) is 0 Å².